The molecule has 2 unspecified atom stereocenters. The highest BCUT2D eigenvalue weighted by atomic mass is 16.5. The Hall–Kier alpha value is -12.1. The second-order valence-corrected chi connectivity index (χ2v) is 26.2. The van der Waals surface area contributed by atoms with Gasteiger partial charge in [0.05, 0.1) is 57.7 Å². The smallest absolute Gasteiger partial charge is 0.328 e. The van der Waals surface area contributed by atoms with Gasteiger partial charge < -0.3 is 18.4 Å². The Bertz CT molecular complexity index is 5020. The van der Waals surface area contributed by atoms with Crippen LogP contribution in [0, 0.1) is 77.1 Å². The molecule has 4 aromatic heterocycles. The first-order valence-electron chi connectivity index (χ1n) is 36.7. The number of unbranched alkanes of at least 4 members (excludes halogenated alkanes) is 10. The van der Waals surface area contributed by atoms with Gasteiger partial charge in [-0.25, -0.2) is 9.83 Å². The van der Waals surface area contributed by atoms with Crippen molar-refractivity contribution < 1.29 is 9.47 Å². The zero-order valence-electron chi connectivity index (χ0n) is 60.0. The van der Waals surface area contributed by atoms with Crippen molar-refractivity contribution in [3.63, 3.8) is 0 Å². The summed E-state index contributed by atoms with van der Waals surface area (Å²) in [6, 6.07) is 76.7. The van der Waals surface area contributed by atoms with Gasteiger partial charge in [-0.2, -0.15) is 5.26 Å². The van der Waals surface area contributed by atoms with Gasteiger partial charge in [0.25, 0.3) is 0 Å². The van der Waals surface area contributed by atoms with Crippen molar-refractivity contribution in [1.82, 2.24) is 28.9 Å². The minimum Gasteiger partial charge on any atom is -0.492 e. The SMILES string of the molecule is [C-]#[N+]/C(c1cnc2ccccc2n1)=c1\c2c(-c3cccc(OCC(C#CC#CC)CCCCCCCC)c3)n(B(c3ccccc3)c3ccccc3)/c(=C(/C#N)c3cnc4ccccc4n3)c2c(-c2cccc(OCC(C#CC#CC)CCCCCCCC)c2)n1B(c1ccccc1)c1ccccc1. The zero-order valence-corrected chi connectivity index (χ0v) is 60.0. The Morgan fingerprint density at radius 2 is 0.837 bits per heavy atom. The highest BCUT2D eigenvalue weighted by Crippen LogP contribution is 2.39. The fourth-order valence-electron chi connectivity index (χ4n) is 14.1. The second-order valence-electron chi connectivity index (χ2n) is 26.2. The Kier molecular flexibility index (Phi) is 25.2. The summed E-state index contributed by atoms with van der Waals surface area (Å²) in [6.45, 7) is 17.4. The number of nitriles is 1. The summed E-state index contributed by atoms with van der Waals surface area (Å²) in [4.78, 5) is 25.7. The molecule has 0 saturated heterocycles. The van der Waals surface area contributed by atoms with Gasteiger partial charge in [0, 0.05) is 44.8 Å². The van der Waals surface area contributed by atoms with Crippen LogP contribution in [-0.4, -0.2) is 55.8 Å². The molecular formula is C92H84B2N8O2. The fraction of sp³-hybridized carbons (Fsp3) is 0.239. The van der Waals surface area contributed by atoms with Crippen molar-refractivity contribution in [1.29, 1.82) is 5.26 Å². The van der Waals surface area contributed by atoms with Crippen LogP contribution in [0.25, 0.3) is 71.5 Å². The van der Waals surface area contributed by atoms with Gasteiger partial charge >= 0.3 is 13.7 Å². The van der Waals surface area contributed by atoms with E-state index in [0.29, 0.717) is 91.0 Å². The molecule has 10 nitrogen and oxygen atoms in total. The summed E-state index contributed by atoms with van der Waals surface area (Å²) < 4.78 is 18.8. The Balaban J connectivity index is 1.27. The predicted octanol–water partition coefficient (Wildman–Crippen LogP) is 16.3. The molecule has 4 heterocycles. The second kappa shape index (κ2) is 36.5. The number of nitrogens with zero attached hydrogens (tertiary/aromatic N) is 8. The van der Waals surface area contributed by atoms with E-state index in [-0.39, 0.29) is 23.1 Å². The maximum absolute atomic E-state index is 12.7. The van der Waals surface area contributed by atoms with Crippen LogP contribution in [0.3, 0.4) is 0 Å². The number of ether oxygens (including phenoxy) is 2. The molecule has 0 aliphatic carbocycles. The molecule has 0 amide bonds. The number of para-hydroxylation sites is 4. The molecule has 0 fully saturated rings. The van der Waals surface area contributed by atoms with Crippen LogP contribution >= 0.6 is 0 Å². The molecule has 12 heteroatoms. The van der Waals surface area contributed by atoms with Gasteiger partial charge in [-0.15, -0.1) is 0 Å². The minimum absolute atomic E-state index is 0.0894. The van der Waals surface area contributed by atoms with Crippen LogP contribution in [-0.2, 0) is 0 Å². The third-order valence-electron chi connectivity index (χ3n) is 19.1. The molecule has 0 aliphatic heterocycles. The highest BCUT2D eigenvalue weighted by Gasteiger charge is 2.38. The first kappa shape index (κ1) is 71.8. The maximum atomic E-state index is 12.7. The highest BCUT2D eigenvalue weighted by molar-refractivity contribution is 6.85. The first-order valence-corrected chi connectivity index (χ1v) is 36.7. The average molecular weight is 1360 g/mol. The molecule has 0 aliphatic rings. The van der Waals surface area contributed by atoms with Gasteiger partial charge in [0.2, 0.25) is 5.70 Å². The Morgan fingerprint density at radius 3 is 1.26 bits per heavy atom. The van der Waals surface area contributed by atoms with Crippen molar-refractivity contribution in [3.8, 4) is 87.4 Å². The van der Waals surface area contributed by atoms with Crippen LogP contribution in [0.1, 0.15) is 129 Å². The standard InChI is InChI=1S/C92H84B2N8O2/c1-6-10-14-16-18-26-44-69(42-24-12-8-3)67-103-77-56-40-46-71(62-77)89-86-87(92(88(96-5)85-66-98-81-59-37-39-61-83(81)100-85)102(89)94(75-52-32-22-33-53-75)76-54-34-23-35-55-76)90(72-47-41-57-78(63-72)104-68-70(43-25-13-9-4)45-27-19-17-15-11-7-2)101(93(73-48-28-20-29-49-73)74-50-30-21-31-51-74)91(86)79(64-95)84-65-97-80-58-36-38-60-82(80)99-84/h20-23,28-41,46-63,65-66,69-70H,6-7,10-11,14-19,26-27,44-45,67-68H2,1-4H3/b91-79-,92-88+. The number of aromatic nitrogens is 6. The van der Waals surface area contributed by atoms with Gasteiger partial charge in [-0.05, 0) is 98.9 Å². The van der Waals surface area contributed by atoms with Crippen molar-refractivity contribution in [2.45, 2.75) is 118 Å². The molecule has 0 radical (unpaired) electrons. The van der Waals surface area contributed by atoms with E-state index in [9.17, 15) is 11.8 Å². The summed E-state index contributed by atoms with van der Waals surface area (Å²) >= 11 is 0. The molecule has 12 rings (SSSR count). The fourth-order valence-corrected chi connectivity index (χ4v) is 14.1. The monoisotopic (exact) mass is 1350 g/mol. The summed E-state index contributed by atoms with van der Waals surface area (Å²) in [7, 11) is 0. The van der Waals surface area contributed by atoms with Crippen LogP contribution in [0.4, 0.5) is 0 Å². The lowest BCUT2D eigenvalue weighted by Gasteiger charge is -2.25. The average Bonchev–Trinajstić information content (AvgIpc) is 1.52. The molecule has 2 atom stereocenters. The van der Waals surface area contributed by atoms with Crippen LogP contribution in [0.15, 0.2) is 231 Å². The van der Waals surface area contributed by atoms with E-state index in [1.165, 1.54) is 51.4 Å². The lowest BCUT2D eigenvalue weighted by Crippen LogP contribution is -2.54. The number of fused-ring (bicyclic) bond motifs is 3. The van der Waals surface area contributed by atoms with E-state index in [1.54, 1.807) is 12.4 Å². The zero-order chi connectivity index (χ0) is 71.7. The first-order chi connectivity index (χ1) is 51.4. The molecular weight excluding hydrogens is 1270 g/mol. The van der Waals surface area contributed by atoms with Gasteiger partial charge in [-0.3, -0.25) is 15.0 Å². The largest absolute Gasteiger partial charge is 0.492 e. The van der Waals surface area contributed by atoms with E-state index >= 15 is 0 Å². The van der Waals surface area contributed by atoms with Crippen molar-refractivity contribution in [2.24, 2.45) is 11.8 Å². The van der Waals surface area contributed by atoms with Crippen molar-refractivity contribution in [2.75, 3.05) is 13.2 Å². The number of hydrogen-bond acceptors (Lipinski definition) is 7. The molecule has 510 valence electrons. The Labute approximate surface area is 614 Å². The Morgan fingerprint density at radius 1 is 0.452 bits per heavy atom. The molecule has 0 bridgehead atoms. The lowest BCUT2D eigenvalue weighted by molar-refractivity contribution is 0.270. The van der Waals surface area contributed by atoms with E-state index in [1.807, 2.05) is 111 Å². The van der Waals surface area contributed by atoms with Crippen LogP contribution < -0.4 is 42.0 Å². The maximum Gasteiger partial charge on any atom is 0.328 e. The predicted molar refractivity (Wildman–Crippen MR) is 429 cm³/mol. The topological polar surface area (TPSA) is 108 Å². The molecule has 104 heavy (non-hydrogen) atoms. The minimum atomic E-state index is -0.644. The third-order valence-corrected chi connectivity index (χ3v) is 19.1. The van der Waals surface area contributed by atoms with Crippen molar-refractivity contribution in [3.05, 3.63) is 264 Å². The van der Waals surface area contributed by atoms with Crippen LogP contribution in [0.5, 0.6) is 11.5 Å². The van der Waals surface area contributed by atoms with E-state index in [4.69, 9.17) is 34.3 Å². The summed E-state index contributed by atoms with van der Waals surface area (Å²) in [6.07, 6.45) is 19.1. The molecule has 8 aromatic carbocycles. The normalized spacial score (nSPS) is 12.0. The van der Waals surface area contributed by atoms with Gasteiger partial charge in [-0.1, -0.05) is 306 Å². The molecule has 0 saturated carbocycles. The van der Waals surface area contributed by atoms with E-state index < -0.39 is 13.7 Å². The summed E-state index contributed by atoms with van der Waals surface area (Å²) in [5.41, 5.74) is 10.5. The van der Waals surface area contributed by atoms with Crippen LogP contribution in [0.2, 0.25) is 0 Å². The molecule has 0 spiro atoms. The van der Waals surface area contributed by atoms with E-state index in [2.05, 4.69) is 198 Å². The lowest BCUT2D eigenvalue weighted by atomic mass is 9.50. The van der Waals surface area contributed by atoms with Gasteiger partial charge in [0.15, 0.2) is 0 Å². The molecule has 12 aromatic rings. The van der Waals surface area contributed by atoms with Crippen molar-refractivity contribution >= 4 is 79.7 Å². The van der Waals surface area contributed by atoms with Gasteiger partial charge in [0.1, 0.15) is 42.0 Å². The number of benzene rings is 8. The number of hydrogen-bond donors (Lipinski definition) is 0. The summed E-state index contributed by atoms with van der Waals surface area (Å²) in [5, 5.41) is 15.1. The van der Waals surface area contributed by atoms with E-state index in [0.717, 1.165) is 71.5 Å². The third kappa shape index (κ3) is 17.1. The number of rotatable bonds is 30. The molecule has 0 N–H and O–H groups in total. The quantitative estimate of drug-likeness (QED) is 0.0191. The summed E-state index contributed by atoms with van der Waals surface area (Å²) in [5.74, 6) is 26.2.